The van der Waals surface area contributed by atoms with Gasteiger partial charge in [-0.3, -0.25) is 0 Å². The highest BCUT2D eigenvalue weighted by Gasteiger charge is 2.27. The minimum atomic E-state index is -1.05. The summed E-state index contributed by atoms with van der Waals surface area (Å²) >= 11 is 0. The van der Waals surface area contributed by atoms with Gasteiger partial charge in [-0.2, -0.15) is 0 Å². The van der Waals surface area contributed by atoms with Gasteiger partial charge in [0.25, 0.3) is 0 Å². The molecule has 1 aromatic heterocycles. The summed E-state index contributed by atoms with van der Waals surface area (Å²) in [7, 11) is 0. The fourth-order valence-corrected chi connectivity index (χ4v) is 1.46. The van der Waals surface area contributed by atoms with E-state index in [-0.39, 0.29) is 0 Å². The molecule has 0 fully saturated rings. The topological polar surface area (TPSA) is 33.4 Å². The third kappa shape index (κ3) is 1.44. The van der Waals surface area contributed by atoms with Crippen molar-refractivity contribution in [3.63, 3.8) is 0 Å². The predicted octanol–water partition coefficient (Wildman–Crippen LogP) is 2.54. The molecule has 0 radical (unpaired) electrons. The molecule has 72 valence electrons. The monoisotopic (exact) mass is 188 g/mol. The van der Waals surface area contributed by atoms with E-state index in [1.54, 1.807) is 25.3 Å². The summed E-state index contributed by atoms with van der Waals surface area (Å²) in [5.74, 6) is 0.559. The molecule has 0 saturated carbocycles. The van der Waals surface area contributed by atoms with Gasteiger partial charge in [0.2, 0.25) is 0 Å². The van der Waals surface area contributed by atoms with E-state index in [0.29, 0.717) is 5.76 Å². The van der Waals surface area contributed by atoms with E-state index in [2.05, 4.69) is 0 Å². The molecule has 0 aliphatic rings. The molecule has 0 aliphatic heterocycles. The zero-order valence-corrected chi connectivity index (χ0v) is 7.97. The average molecular weight is 188 g/mol. The number of benzene rings is 1. The molecule has 1 heterocycles. The summed E-state index contributed by atoms with van der Waals surface area (Å²) in [6.07, 6.45) is 1.56. The van der Waals surface area contributed by atoms with Gasteiger partial charge in [-0.15, -0.1) is 0 Å². The second-order valence-corrected chi connectivity index (χ2v) is 3.42. The first-order chi connectivity index (χ1) is 6.71. The molecular weight excluding hydrogens is 176 g/mol. The number of furan rings is 1. The molecule has 2 rings (SSSR count). The van der Waals surface area contributed by atoms with Crippen molar-refractivity contribution in [2.24, 2.45) is 0 Å². The normalized spacial score (nSPS) is 15.0. The fraction of sp³-hybridized carbons (Fsp3) is 0.167. The van der Waals surface area contributed by atoms with Crippen molar-refractivity contribution >= 4 is 0 Å². The van der Waals surface area contributed by atoms with Crippen molar-refractivity contribution in [3.8, 4) is 0 Å². The van der Waals surface area contributed by atoms with Crippen LogP contribution in [-0.4, -0.2) is 5.11 Å². The first-order valence-corrected chi connectivity index (χ1v) is 4.53. The van der Waals surface area contributed by atoms with Crippen molar-refractivity contribution in [2.45, 2.75) is 12.5 Å². The standard InChI is InChI=1S/C12H12O2/c1-12(13,11-8-5-9-14-11)10-6-3-2-4-7-10/h2-9,13H,1H3/t12-/m0/s1. The predicted molar refractivity (Wildman–Crippen MR) is 53.8 cm³/mol. The van der Waals surface area contributed by atoms with E-state index in [0.717, 1.165) is 5.56 Å². The van der Waals surface area contributed by atoms with Crippen LogP contribution < -0.4 is 0 Å². The summed E-state index contributed by atoms with van der Waals surface area (Å²) < 4.78 is 5.20. The Labute approximate surface area is 82.8 Å². The van der Waals surface area contributed by atoms with Crippen molar-refractivity contribution in [3.05, 3.63) is 60.1 Å². The van der Waals surface area contributed by atoms with Crippen LogP contribution in [0.25, 0.3) is 0 Å². The van der Waals surface area contributed by atoms with E-state index in [1.807, 2.05) is 30.3 Å². The molecule has 1 N–H and O–H groups in total. The van der Waals surface area contributed by atoms with E-state index in [1.165, 1.54) is 0 Å². The second-order valence-electron chi connectivity index (χ2n) is 3.42. The smallest absolute Gasteiger partial charge is 0.144 e. The summed E-state index contributed by atoms with van der Waals surface area (Å²) in [4.78, 5) is 0. The zero-order valence-electron chi connectivity index (χ0n) is 7.97. The van der Waals surface area contributed by atoms with Crippen LogP contribution in [0, 0.1) is 0 Å². The molecule has 14 heavy (non-hydrogen) atoms. The summed E-state index contributed by atoms with van der Waals surface area (Å²) in [6.45, 7) is 1.72. The highest BCUT2D eigenvalue weighted by Crippen LogP contribution is 2.28. The van der Waals surface area contributed by atoms with Gasteiger partial charge >= 0.3 is 0 Å². The van der Waals surface area contributed by atoms with Crippen molar-refractivity contribution in [1.29, 1.82) is 0 Å². The zero-order chi connectivity index (χ0) is 10.0. The minimum absolute atomic E-state index is 0.559. The Balaban J connectivity index is 2.43. The van der Waals surface area contributed by atoms with Gasteiger partial charge in [0.1, 0.15) is 11.4 Å². The molecule has 1 atom stereocenters. The van der Waals surface area contributed by atoms with Crippen LogP contribution in [0.1, 0.15) is 18.2 Å². The molecule has 2 nitrogen and oxygen atoms in total. The molecule has 0 unspecified atom stereocenters. The number of aliphatic hydroxyl groups is 1. The lowest BCUT2D eigenvalue weighted by atomic mass is 9.94. The van der Waals surface area contributed by atoms with Crippen molar-refractivity contribution in [1.82, 2.24) is 0 Å². The van der Waals surface area contributed by atoms with Gasteiger partial charge < -0.3 is 9.52 Å². The van der Waals surface area contributed by atoms with Crippen LogP contribution in [0.5, 0.6) is 0 Å². The quantitative estimate of drug-likeness (QED) is 0.785. The largest absolute Gasteiger partial charge is 0.466 e. The van der Waals surface area contributed by atoms with Gasteiger partial charge in [-0.25, -0.2) is 0 Å². The van der Waals surface area contributed by atoms with E-state index in [4.69, 9.17) is 4.42 Å². The molecule has 2 heteroatoms. The van der Waals surface area contributed by atoms with E-state index < -0.39 is 5.60 Å². The Morgan fingerprint density at radius 1 is 1.07 bits per heavy atom. The molecular formula is C12H12O2. The third-order valence-electron chi connectivity index (χ3n) is 2.34. The van der Waals surface area contributed by atoms with Crippen LogP contribution in [0.15, 0.2) is 53.1 Å². The lowest BCUT2D eigenvalue weighted by Gasteiger charge is -2.20. The number of rotatable bonds is 2. The lowest BCUT2D eigenvalue weighted by molar-refractivity contribution is 0.0767. The van der Waals surface area contributed by atoms with E-state index in [9.17, 15) is 5.11 Å². The molecule has 0 bridgehead atoms. The Morgan fingerprint density at radius 2 is 1.79 bits per heavy atom. The van der Waals surface area contributed by atoms with Crippen LogP contribution >= 0.6 is 0 Å². The molecule has 2 aromatic rings. The first kappa shape index (κ1) is 9.03. The van der Waals surface area contributed by atoms with Gasteiger partial charge in [0.15, 0.2) is 0 Å². The SMILES string of the molecule is C[C@](O)(c1ccccc1)c1ccco1. The van der Waals surface area contributed by atoms with Gasteiger partial charge in [0, 0.05) is 0 Å². The third-order valence-corrected chi connectivity index (χ3v) is 2.34. The first-order valence-electron chi connectivity index (χ1n) is 4.53. The van der Waals surface area contributed by atoms with Gasteiger partial charge in [0.05, 0.1) is 6.26 Å². The summed E-state index contributed by atoms with van der Waals surface area (Å²) in [5, 5.41) is 10.3. The molecule has 0 aliphatic carbocycles. The Kier molecular flexibility index (Phi) is 2.14. The average Bonchev–Trinajstić information content (AvgIpc) is 2.72. The minimum Gasteiger partial charge on any atom is -0.466 e. The summed E-state index contributed by atoms with van der Waals surface area (Å²) in [5.41, 5.74) is -0.222. The number of hydrogen-bond acceptors (Lipinski definition) is 2. The van der Waals surface area contributed by atoms with Crippen molar-refractivity contribution in [2.75, 3.05) is 0 Å². The van der Waals surface area contributed by atoms with Crippen LogP contribution in [0.2, 0.25) is 0 Å². The van der Waals surface area contributed by atoms with E-state index >= 15 is 0 Å². The van der Waals surface area contributed by atoms with Crippen LogP contribution in [0.3, 0.4) is 0 Å². The number of hydrogen-bond donors (Lipinski definition) is 1. The maximum absolute atomic E-state index is 10.3. The van der Waals surface area contributed by atoms with Gasteiger partial charge in [-0.05, 0) is 24.6 Å². The molecule has 0 saturated heterocycles. The highest BCUT2D eigenvalue weighted by atomic mass is 16.4. The molecule has 1 aromatic carbocycles. The lowest BCUT2D eigenvalue weighted by Crippen LogP contribution is -2.21. The van der Waals surface area contributed by atoms with Crippen molar-refractivity contribution < 1.29 is 9.52 Å². The maximum atomic E-state index is 10.3. The summed E-state index contributed by atoms with van der Waals surface area (Å²) in [6, 6.07) is 13.0. The second kappa shape index (κ2) is 3.31. The fourth-order valence-electron chi connectivity index (χ4n) is 1.46. The Hall–Kier alpha value is -1.54. The van der Waals surface area contributed by atoms with Crippen LogP contribution in [0.4, 0.5) is 0 Å². The highest BCUT2D eigenvalue weighted by molar-refractivity contribution is 5.29. The Morgan fingerprint density at radius 3 is 2.36 bits per heavy atom. The molecule has 0 spiro atoms. The van der Waals surface area contributed by atoms with Gasteiger partial charge in [-0.1, -0.05) is 30.3 Å². The van der Waals surface area contributed by atoms with Crippen LogP contribution in [-0.2, 0) is 5.60 Å². The molecule has 0 amide bonds. The maximum Gasteiger partial charge on any atom is 0.144 e. The Bertz CT molecular complexity index is 388.